The fraction of sp³-hybridized carbons (Fsp3) is 0.182. The van der Waals surface area contributed by atoms with Crippen LogP contribution in [-0.2, 0) is 11.3 Å². The maximum absolute atomic E-state index is 10.6. The number of benzene rings is 1. The van der Waals surface area contributed by atoms with E-state index in [2.05, 4.69) is 10.1 Å². The van der Waals surface area contributed by atoms with Crippen molar-refractivity contribution in [1.82, 2.24) is 14.8 Å². The topological polar surface area (TPSA) is 73.8 Å². The van der Waals surface area contributed by atoms with Crippen molar-refractivity contribution in [2.24, 2.45) is 5.73 Å². The molecule has 5 nitrogen and oxygen atoms in total. The summed E-state index contributed by atoms with van der Waals surface area (Å²) in [5, 5.41) is 4.25. The number of nitrogens with two attached hydrogens (primary N) is 1. The summed E-state index contributed by atoms with van der Waals surface area (Å²) in [5.74, 6) is 0.321. The maximum Gasteiger partial charge on any atom is 0.219 e. The lowest BCUT2D eigenvalue weighted by Crippen LogP contribution is -2.14. The minimum Gasteiger partial charge on any atom is -0.370 e. The highest BCUT2D eigenvalue weighted by molar-refractivity contribution is 5.73. The lowest BCUT2D eigenvalue weighted by molar-refractivity contribution is -0.118. The predicted molar refractivity (Wildman–Crippen MR) is 59.3 cm³/mol. The summed E-state index contributed by atoms with van der Waals surface area (Å²) in [6.45, 7) is 0.467. The molecule has 2 N–H and O–H groups in total. The van der Waals surface area contributed by atoms with E-state index >= 15 is 0 Å². The lowest BCUT2D eigenvalue weighted by Gasteiger charge is -1.96. The molecule has 0 spiro atoms. The first-order chi connectivity index (χ1) is 7.75. The van der Waals surface area contributed by atoms with E-state index in [4.69, 9.17) is 5.73 Å². The summed E-state index contributed by atoms with van der Waals surface area (Å²) in [6, 6.07) is 9.67. The van der Waals surface area contributed by atoms with E-state index < -0.39 is 0 Å². The van der Waals surface area contributed by atoms with Gasteiger partial charge in [-0.3, -0.25) is 9.48 Å². The molecule has 5 heteroatoms. The molecule has 0 aliphatic heterocycles. The third-order valence-electron chi connectivity index (χ3n) is 2.16. The number of carbonyl (C=O) groups excluding carboxylic acids is 1. The van der Waals surface area contributed by atoms with E-state index in [0.717, 1.165) is 5.56 Å². The number of rotatable bonds is 4. The molecule has 0 aliphatic carbocycles. The van der Waals surface area contributed by atoms with Gasteiger partial charge in [-0.1, -0.05) is 30.3 Å². The molecule has 0 bridgehead atoms. The molecular weight excluding hydrogens is 204 g/mol. The highest BCUT2D eigenvalue weighted by atomic mass is 16.1. The quantitative estimate of drug-likeness (QED) is 0.822. The van der Waals surface area contributed by atoms with Crippen molar-refractivity contribution in [1.29, 1.82) is 0 Å². The zero-order valence-corrected chi connectivity index (χ0v) is 8.71. The molecule has 1 heterocycles. The van der Waals surface area contributed by atoms with E-state index in [9.17, 15) is 4.79 Å². The van der Waals surface area contributed by atoms with Gasteiger partial charge in [-0.25, -0.2) is 4.98 Å². The summed E-state index contributed by atoms with van der Waals surface area (Å²) in [7, 11) is 0. The molecule has 0 atom stereocenters. The van der Waals surface area contributed by atoms with Crippen molar-refractivity contribution in [2.45, 2.75) is 13.0 Å². The Morgan fingerprint density at radius 2 is 2.06 bits per heavy atom. The molecule has 82 valence electrons. The van der Waals surface area contributed by atoms with E-state index in [1.165, 1.54) is 0 Å². The molecule has 1 amide bonds. The Balaban J connectivity index is 2.11. The van der Waals surface area contributed by atoms with Crippen molar-refractivity contribution < 1.29 is 4.79 Å². The van der Waals surface area contributed by atoms with Crippen LogP contribution in [0.5, 0.6) is 0 Å². The van der Waals surface area contributed by atoms with Crippen LogP contribution in [0.1, 0.15) is 6.42 Å². The summed E-state index contributed by atoms with van der Waals surface area (Å²) < 4.78 is 1.62. The van der Waals surface area contributed by atoms with Crippen LogP contribution in [0.2, 0.25) is 0 Å². The minimum atomic E-state index is -0.336. The SMILES string of the molecule is NC(=O)CCn1cnc(-c2ccccc2)n1. The van der Waals surface area contributed by atoms with Gasteiger partial charge in [-0.05, 0) is 0 Å². The van der Waals surface area contributed by atoms with Gasteiger partial charge in [-0.2, -0.15) is 5.10 Å². The third kappa shape index (κ3) is 2.44. The second kappa shape index (κ2) is 4.57. The van der Waals surface area contributed by atoms with Crippen molar-refractivity contribution in [3.8, 4) is 11.4 Å². The normalized spacial score (nSPS) is 10.2. The lowest BCUT2D eigenvalue weighted by atomic mass is 10.2. The summed E-state index contributed by atoms with van der Waals surface area (Å²) in [4.78, 5) is 14.8. The van der Waals surface area contributed by atoms with E-state index in [1.807, 2.05) is 30.3 Å². The molecule has 0 fully saturated rings. The number of hydrogen-bond acceptors (Lipinski definition) is 3. The molecule has 0 aliphatic rings. The van der Waals surface area contributed by atoms with Gasteiger partial charge < -0.3 is 5.73 Å². The van der Waals surface area contributed by atoms with Crippen LogP contribution >= 0.6 is 0 Å². The minimum absolute atomic E-state index is 0.275. The van der Waals surface area contributed by atoms with Gasteiger partial charge in [0.1, 0.15) is 6.33 Å². The standard InChI is InChI=1S/C11H12N4O/c12-10(16)6-7-15-8-13-11(14-15)9-4-2-1-3-5-9/h1-5,8H,6-7H2,(H2,12,16). The van der Waals surface area contributed by atoms with Crippen LogP contribution in [0, 0.1) is 0 Å². The van der Waals surface area contributed by atoms with Crippen LogP contribution < -0.4 is 5.73 Å². The van der Waals surface area contributed by atoms with Gasteiger partial charge in [0.2, 0.25) is 5.91 Å². The number of carbonyl (C=O) groups is 1. The van der Waals surface area contributed by atoms with Crippen LogP contribution in [0.4, 0.5) is 0 Å². The molecular formula is C11H12N4O. The summed E-state index contributed by atoms with van der Waals surface area (Å²) in [5.41, 5.74) is 6.02. The number of amides is 1. The zero-order valence-electron chi connectivity index (χ0n) is 8.71. The second-order valence-corrected chi connectivity index (χ2v) is 3.41. The zero-order chi connectivity index (χ0) is 11.4. The highest BCUT2D eigenvalue weighted by Crippen LogP contribution is 2.12. The number of nitrogens with zero attached hydrogens (tertiary/aromatic N) is 3. The third-order valence-corrected chi connectivity index (χ3v) is 2.16. The molecule has 0 unspecified atom stereocenters. The van der Waals surface area contributed by atoms with Crippen molar-refractivity contribution >= 4 is 5.91 Å². The summed E-state index contributed by atoms with van der Waals surface area (Å²) >= 11 is 0. The molecule has 1 aromatic carbocycles. The molecule has 0 saturated carbocycles. The Labute approximate surface area is 92.9 Å². The van der Waals surface area contributed by atoms with Crippen LogP contribution in [-0.4, -0.2) is 20.7 Å². The van der Waals surface area contributed by atoms with Gasteiger partial charge >= 0.3 is 0 Å². The first-order valence-corrected chi connectivity index (χ1v) is 4.99. The fourth-order valence-electron chi connectivity index (χ4n) is 1.35. The van der Waals surface area contributed by atoms with Crippen LogP contribution in [0.25, 0.3) is 11.4 Å². The van der Waals surface area contributed by atoms with Crippen molar-refractivity contribution in [2.75, 3.05) is 0 Å². The second-order valence-electron chi connectivity index (χ2n) is 3.41. The Morgan fingerprint density at radius 1 is 1.31 bits per heavy atom. The molecule has 2 rings (SSSR count). The van der Waals surface area contributed by atoms with E-state index in [-0.39, 0.29) is 12.3 Å². The number of hydrogen-bond donors (Lipinski definition) is 1. The Kier molecular flexibility index (Phi) is 2.95. The highest BCUT2D eigenvalue weighted by Gasteiger charge is 2.03. The van der Waals surface area contributed by atoms with Crippen molar-refractivity contribution in [3.63, 3.8) is 0 Å². The van der Waals surface area contributed by atoms with Gasteiger partial charge in [0, 0.05) is 12.0 Å². The number of aromatic nitrogens is 3. The Bertz CT molecular complexity index is 478. The average molecular weight is 216 g/mol. The van der Waals surface area contributed by atoms with Crippen molar-refractivity contribution in [3.05, 3.63) is 36.7 Å². The average Bonchev–Trinajstić information content (AvgIpc) is 2.76. The van der Waals surface area contributed by atoms with Crippen LogP contribution in [0.15, 0.2) is 36.7 Å². The smallest absolute Gasteiger partial charge is 0.219 e. The maximum atomic E-state index is 10.6. The number of aryl methyl sites for hydroxylation is 1. The van der Waals surface area contributed by atoms with E-state index in [1.54, 1.807) is 11.0 Å². The first kappa shape index (κ1) is 10.4. The molecule has 1 aromatic heterocycles. The molecule has 2 aromatic rings. The first-order valence-electron chi connectivity index (χ1n) is 4.99. The molecule has 0 saturated heterocycles. The van der Waals surface area contributed by atoms with E-state index in [0.29, 0.717) is 12.4 Å². The van der Waals surface area contributed by atoms with Gasteiger partial charge in [0.25, 0.3) is 0 Å². The predicted octanol–water partition coefficient (Wildman–Crippen LogP) is 0.820. The Morgan fingerprint density at radius 3 is 2.75 bits per heavy atom. The Hall–Kier alpha value is -2.17. The fourth-order valence-corrected chi connectivity index (χ4v) is 1.35. The van der Waals surface area contributed by atoms with Gasteiger partial charge in [0.05, 0.1) is 6.54 Å². The van der Waals surface area contributed by atoms with Gasteiger partial charge in [0.15, 0.2) is 5.82 Å². The van der Waals surface area contributed by atoms with Gasteiger partial charge in [-0.15, -0.1) is 0 Å². The van der Waals surface area contributed by atoms with Crippen LogP contribution in [0.3, 0.4) is 0 Å². The number of primary amides is 1. The molecule has 0 radical (unpaired) electrons. The molecule has 16 heavy (non-hydrogen) atoms. The summed E-state index contributed by atoms with van der Waals surface area (Å²) in [6.07, 6.45) is 1.88. The largest absolute Gasteiger partial charge is 0.370 e. The monoisotopic (exact) mass is 216 g/mol.